The van der Waals surface area contributed by atoms with Crippen LogP contribution in [0.2, 0.25) is 0 Å². The van der Waals surface area contributed by atoms with Crippen molar-refractivity contribution in [3.05, 3.63) is 0 Å². The quantitative estimate of drug-likeness (QED) is 0.0913. The maximum absolute atomic E-state index is 5.71. The molecule has 29 heavy (non-hydrogen) atoms. The predicted molar refractivity (Wildman–Crippen MR) is 133 cm³/mol. The van der Waals surface area contributed by atoms with Gasteiger partial charge in [0.25, 0.3) is 0 Å². The maximum Gasteiger partial charge on any atom is 0.0487 e. The second-order valence-corrected chi connectivity index (χ2v) is 9.42. The minimum absolute atomic E-state index is 0.854. The lowest BCUT2D eigenvalue weighted by molar-refractivity contribution is 0.0796. The molecule has 0 aliphatic carbocycles. The van der Waals surface area contributed by atoms with E-state index in [1.807, 2.05) is 0 Å². The molecule has 0 heterocycles. The average Bonchev–Trinajstić information content (AvgIpc) is 2.74. The third-order valence-corrected chi connectivity index (χ3v) is 6.20. The highest BCUT2D eigenvalue weighted by Gasteiger charge is 1.96. The first kappa shape index (κ1) is 29.4. The summed E-state index contributed by atoms with van der Waals surface area (Å²) in [7, 11) is 0. The van der Waals surface area contributed by atoms with Crippen LogP contribution in [-0.4, -0.2) is 31.8 Å². The zero-order chi connectivity index (χ0) is 21.1. The van der Waals surface area contributed by atoms with Crippen LogP contribution in [0, 0.1) is 0 Å². The van der Waals surface area contributed by atoms with E-state index in [1.54, 1.807) is 0 Å². The second kappa shape index (κ2) is 28.4. The van der Waals surface area contributed by atoms with Crippen LogP contribution in [0.3, 0.4) is 0 Å². The van der Waals surface area contributed by atoms with Gasteiger partial charge in [-0.3, -0.25) is 0 Å². The predicted octanol–water partition coefficient (Wildman–Crippen LogP) is 9.24. The van der Waals surface area contributed by atoms with Gasteiger partial charge in [0.05, 0.1) is 0 Å². The SMILES string of the molecule is CCCCCCCCCCCCCCCCCCOCCCOCCCCCBr. The van der Waals surface area contributed by atoms with E-state index in [1.165, 1.54) is 122 Å². The van der Waals surface area contributed by atoms with E-state index in [-0.39, 0.29) is 0 Å². The molecule has 0 amide bonds. The van der Waals surface area contributed by atoms with Crippen molar-refractivity contribution in [3.63, 3.8) is 0 Å². The molecule has 0 aliphatic rings. The summed E-state index contributed by atoms with van der Waals surface area (Å²) in [5.41, 5.74) is 0. The molecule has 0 radical (unpaired) electrons. The van der Waals surface area contributed by atoms with Crippen molar-refractivity contribution in [2.45, 2.75) is 135 Å². The Morgan fingerprint density at radius 2 is 0.690 bits per heavy atom. The zero-order valence-electron chi connectivity index (χ0n) is 19.9. The van der Waals surface area contributed by atoms with Crippen molar-refractivity contribution in [2.75, 3.05) is 31.8 Å². The number of hydrogen-bond acceptors (Lipinski definition) is 2. The molecule has 0 unspecified atom stereocenters. The minimum atomic E-state index is 0.854. The molecule has 2 nitrogen and oxygen atoms in total. The Balaban J connectivity index is 2.97. The normalized spacial score (nSPS) is 11.4. The summed E-state index contributed by atoms with van der Waals surface area (Å²) < 4.78 is 11.3. The molecule has 0 aliphatic heterocycles. The number of halogens is 1. The van der Waals surface area contributed by atoms with Crippen LogP contribution in [0.5, 0.6) is 0 Å². The molecular formula is C26H53BrO2. The van der Waals surface area contributed by atoms with Crippen molar-refractivity contribution in [1.29, 1.82) is 0 Å². The van der Waals surface area contributed by atoms with Crippen molar-refractivity contribution in [3.8, 4) is 0 Å². The molecule has 0 atom stereocenters. The standard InChI is InChI=1S/C26H53BrO2/c1-2-3-4-5-6-7-8-9-10-11-12-13-14-15-16-19-23-28-25-21-26-29-24-20-17-18-22-27/h2-26H2,1H3. The number of hydrogen-bond donors (Lipinski definition) is 0. The van der Waals surface area contributed by atoms with E-state index < -0.39 is 0 Å². The summed E-state index contributed by atoms with van der Waals surface area (Å²) in [6, 6.07) is 0. The lowest BCUT2D eigenvalue weighted by atomic mass is 10.0. The number of alkyl halides is 1. The third-order valence-electron chi connectivity index (χ3n) is 5.64. The second-order valence-electron chi connectivity index (χ2n) is 8.63. The van der Waals surface area contributed by atoms with Gasteiger partial charge in [-0.05, 0) is 25.7 Å². The molecule has 0 rings (SSSR count). The van der Waals surface area contributed by atoms with Crippen molar-refractivity contribution >= 4 is 15.9 Å². The van der Waals surface area contributed by atoms with E-state index in [0.717, 1.165) is 38.2 Å². The molecule has 176 valence electrons. The van der Waals surface area contributed by atoms with Gasteiger partial charge in [0.1, 0.15) is 0 Å². The summed E-state index contributed by atoms with van der Waals surface area (Å²) in [6.45, 7) is 5.85. The van der Waals surface area contributed by atoms with Gasteiger partial charge >= 0.3 is 0 Å². The molecule has 0 aromatic carbocycles. The van der Waals surface area contributed by atoms with E-state index >= 15 is 0 Å². The van der Waals surface area contributed by atoms with E-state index in [0.29, 0.717) is 0 Å². The van der Waals surface area contributed by atoms with E-state index in [9.17, 15) is 0 Å². The minimum Gasteiger partial charge on any atom is -0.381 e. The van der Waals surface area contributed by atoms with Gasteiger partial charge in [-0.15, -0.1) is 0 Å². The molecule has 0 N–H and O–H groups in total. The third kappa shape index (κ3) is 28.4. The fraction of sp³-hybridized carbons (Fsp3) is 1.00. The van der Waals surface area contributed by atoms with Gasteiger partial charge in [0.15, 0.2) is 0 Å². The molecule has 0 fully saturated rings. The number of unbranched alkanes of at least 4 members (excludes halogenated alkanes) is 17. The highest BCUT2D eigenvalue weighted by molar-refractivity contribution is 9.09. The Morgan fingerprint density at radius 1 is 0.379 bits per heavy atom. The van der Waals surface area contributed by atoms with Gasteiger partial charge < -0.3 is 9.47 Å². The molecule has 0 aromatic heterocycles. The van der Waals surface area contributed by atoms with Gasteiger partial charge in [-0.1, -0.05) is 126 Å². The topological polar surface area (TPSA) is 18.5 Å². The number of rotatable bonds is 26. The lowest BCUT2D eigenvalue weighted by Gasteiger charge is -2.06. The maximum atomic E-state index is 5.71. The van der Waals surface area contributed by atoms with Crippen molar-refractivity contribution in [2.24, 2.45) is 0 Å². The fourth-order valence-electron chi connectivity index (χ4n) is 3.69. The summed E-state index contributed by atoms with van der Waals surface area (Å²) in [6.07, 6.45) is 27.5. The summed E-state index contributed by atoms with van der Waals surface area (Å²) in [5, 5.41) is 1.11. The zero-order valence-corrected chi connectivity index (χ0v) is 21.5. The van der Waals surface area contributed by atoms with E-state index in [4.69, 9.17) is 9.47 Å². The van der Waals surface area contributed by atoms with Gasteiger partial charge in [-0.2, -0.15) is 0 Å². The van der Waals surface area contributed by atoms with Crippen LogP contribution in [0.15, 0.2) is 0 Å². The first-order valence-corrected chi connectivity index (χ1v) is 14.3. The Bertz CT molecular complexity index is 247. The molecule has 3 heteroatoms. The monoisotopic (exact) mass is 476 g/mol. The van der Waals surface area contributed by atoms with E-state index in [2.05, 4.69) is 22.9 Å². The number of ether oxygens (including phenoxy) is 2. The highest BCUT2D eigenvalue weighted by atomic mass is 79.9. The molecule has 0 aromatic rings. The fourth-order valence-corrected chi connectivity index (χ4v) is 4.09. The average molecular weight is 478 g/mol. The van der Waals surface area contributed by atoms with Crippen LogP contribution >= 0.6 is 15.9 Å². The molecule has 0 saturated heterocycles. The molecule has 0 spiro atoms. The Morgan fingerprint density at radius 3 is 1.07 bits per heavy atom. The summed E-state index contributed by atoms with van der Waals surface area (Å²) in [4.78, 5) is 0. The van der Waals surface area contributed by atoms with Crippen LogP contribution in [0.4, 0.5) is 0 Å². The Kier molecular flexibility index (Phi) is 28.8. The van der Waals surface area contributed by atoms with Crippen LogP contribution < -0.4 is 0 Å². The summed E-state index contributed by atoms with van der Waals surface area (Å²) >= 11 is 3.46. The van der Waals surface area contributed by atoms with Crippen molar-refractivity contribution < 1.29 is 9.47 Å². The first-order chi connectivity index (χ1) is 14.4. The Hall–Kier alpha value is 0.400. The molecular weight excluding hydrogens is 424 g/mol. The van der Waals surface area contributed by atoms with Gasteiger partial charge in [0, 0.05) is 31.8 Å². The van der Waals surface area contributed by atoms with Crippen LogP contribution in [-0.2, 0) is 9.47 Å². The van der Waals surface area contributed by atoms with Crippen molar-refractivity contribution in [1.82, 2.24) is 0 Å². The smallest absolute Gasteiger partial charge is 0.0487 e. The summed E-state index contributed by atoms with van der Waals surface area (Å²) in [5.74, 6) is 0. The Labute approximate surface area is 192 Å². The molecule has 0 bridgehead atoms. The lowest BCUT2D eigenvalue weighted by Crippen LogP contribution is -2.03. The largest absolute Gasteiger partial charge is 0.381 e. The molecule has 0 saturated carbocycles. The first-order valence-electron chi connectivity index (χ1n) is 13.1. The van der Waals surface area contributed by atoms with Gasteiger partial charge in [0.2, 0.25) is 0 Å². The van der Waals surface area contributed by atoms with Crippen LogP contribution in [0.1, 0.15) is 135 Å². The van der Waals surface area contributed by atoms with Gasteiger partial charge in [-0.25, -0.2) is 0 Å². The highest BCUT2D eigenvalue weighted by Crippen LogP contribution is 2.13. The van der Waals surface area contributed by atoms with Crippen LogP contribution in [0.25, 0.3) is 0 Å².